The third-order valence-corrected chi connectivity index (χ3v) is 3.04. The van der Waals surface area contributed by atoms with Gasteiger partial charge in [-0.25, -0.2) is 0 Å². The van der Waals surface area contributed by atoms with Crippen molar-refractivity contribution in [2.75, 3.05) is 0 Å². The first kappa shape index (κ1) is 5.11. The first-order valence-electron chi connectivity index (χ1n) is 11.3. The van der Waals surface area contributed by atoms with Gasteiger partial charge in [0, 0.05) is 12.1 Å². The van der Waals surface area contributed by atoms with Gasteiger partial charge in [0.2, 0.25) is 0 Å². The topological polar surface area (TPSA) is 43.1 Å². The van der Waals surface area contributed by atoms with Gasteiger partial charge < -0.3 is 0 Å². The van der Waals surface area contributed by atoms with Crippen LogP contribution in [0.5, 0.6) is 0 Å². The zero-order chi connectivity index (χ0) is 24.0. The standard InChI is InChI=1S/C18H11NO2/c20-19(21)14-8-5-13-7-9-16-15-4-2-1-3-12(15)6-10-17(16)18(13)11-14/h1-11H/i1D,2D,3D,4D,5D,6D,7D,8D,9D,10D,11D. The number of hydrogen-bond acceptors (Lipinski definition) is 2. The van der Waals surface area contributed by atoms with Crippen LogP contribution >= 0.6 is 0 Å². The third kappa shape index (κ3) is 1.75. The highest BCUT2D eigenvalue weighted by atomic mass is 16.6. The molecule has 0 amide bonds. The summed E-state index contributed by atoms with van der Waals surface area (Å²) in [5.41, 5.74) is -1.04. The largest absolute Gasteiger partial charge is 0.270 e. The summed E-state index contributed by atoms with van der Waals surface area (Å²) >= 11 is 0. The second-order valence-corrected chi connectivity index (χ2v) is 4.23. The molecule has 0 fully saturated rings. The third-order valence-electron chi connectivity index (χ3n) is 3.04. The average molecular weight is 284 g/mol. The highest BCUT2D eigenvalue weighted by Crippen LogP contribution is 2.32. The summed E-state index contributed by atoms with van der Waals surface area (Å²) in [5.74, 6) is 0. The van der Waals surface area contributed by atoms with E-state index in [-0.39, 0.29) is 21.5 Å². The van der Waals surface area contributed by atoms with E-state index in [0.29, 0.717) is 0 Å². The van der Waals surface area contributed by atoms with Gasteiger partial charge in [-0.1, -0.05) is 48.3 Å². The molecule has 0 aliphatic heterocycles. The van der Waals surface area contributed by atoms with Gasteiger partial charge in [0.15, 0.2) is 0 Å². The number of hydrogen-bond donors (Lipinski definition) is 0. The first-order chi connectivity index (χ1) is 14.8. The number of nitro benzene ring substituents is 1. The Hall–Kier alpha value is -2.94. The lowest BCUT2D eigenvalue weighted by molar-refractivity contribution is -0.384. The Morgan fingerprint density at radius 3 is 2.14 bits per heavy atom. The maximum Gasteiger partial charge on any atom is 0.270 e. The molecule has 0 aliphatic rings. The van der Waals surface area contributed by atoms with Crippen LogP contribution in [0.3, 0.4) is 0 Å². The van der Waals surface area contributed by atoms with Crippen LogP contribution in [0.15, 0.2) is 66.5 Å². The average Bonchev–Trinajstić information content (AvgIpc) is 2.73. The maximum atomic E-state index is 11.5. The van der Waals surface area contributed by atoms with Crippen LogP contribution in [0, 0.1) is 10.1 Å². The molecule has 3 nitrogen and oxygen atoms in total. The van der Waals surface area contributed by atoms with E-state index in [0.717, 1.165) is 0 Å². The highest BCUT2D eigenvalue weighted by molar-refractivity contribution is 6.17. The summed E-state index contributed by atoms with van der Waals surface area (Å²) in [4.78, 5) is 10.4. The summed E-state index contributed by atoms with van der Waals surface area (Å²) in [6, 6.07) is -7.82. The van der Waals surface area contributed by atoms with Crippen molar-refractivity contribution in [3.05, 3.63) is 76.6 Å². The Morgan fingerprint density at radius 1 is 0.762 bits per heavy atom. The molecular formula is C18H11NO2. The van der Waals surface area contributed by atoms with E-state index in [1.165, 1.54) is 0 Å². The van der Waals surface area contributed by atoms with Gasteiger partial charge in [0.05, 0.1) is 20.0 Å². The van der Waals surface area contributed by atoms with E-state index in [4.69, 9.17) is 15.1 Å². The van der Waals surface area contributed by atoms with Gasteiger partial charge in [-0.3, -0.25) is 10.1 Å². The Kier molecular flexibility index (Phi) is 1.04. The predicted molar refractivity (Wildman–Crippen MR) is 85.6 cm³/mol. The monoisotopic (exact) mass is 284 g/mol. The summed E-state index contributed by atoms with van der Waals surface area (Å²) in [5, 5.41) is 9.17. The Morgan fingerprint density at radius 2 is 1.38 bits per heavy atom. The van der Waals surface area contributed by atoms with Crippen LogP contribution in [0.25, 0.3) is 32.3 Å². The van der Waals surface area contributed by atoms with Gasteiger partial charge in [-0.2, -0.15) is 0 Å². The number of fused-ring (bicyclic) bond motifs is 5. The van der Waals surface area contributed by atoms with Crippen LogP contribution in [0.1, 0.15) is 15.1 Å². The summed E-state index contributed by atoms with van der Waals surface area (Å²) < 4.78 is 90.2. The van der Waals surface area contributed by atoms with E-state index in [9.17, 15) is 10.1 Å². The molecule has 0 saturated heterocycles. The van der Waals surface area contributed by atoms with Crippen molar-refractivity contribution in [3.63, 3.8) is 0 Å². The molecule has 4 rings (SSSR count). The molecule has 3 heteroatoms. The van der Waals surface area contributed by atoms with Gasteiger partial charge in [0.25, 0.3) is 5.69 Å². The van der Waals surface area contributed by atoms with E-state index in [1.807, 2.05) is 0 Å². The van der Waals surface area contributed by atoms with Crippen molar-refractivity contribution >= 4 is 38.0 Å². The summed E-state index contributed by atoms with van der Waals surface area (Å²) in [6.45, 7) is 0. The smallest absolute Gasteiger partial charge is 0.258 e. The number of rotatable bonds is 1. The Labute approximate surface area is 136 Å². The molecule has 21 heavy (non-hydrogen) atoms. The molecule has 4 aromatic rings. The number of nitrogens with zero attached hydrogens (tertiary/aromatic N) is 1. The Bertz CT molecular complexity index is 1570. The highest BCUT2D eigenvalue weighted by Gasteiger charge is 2.09. The van der Waals surface area contributed by atoms with Crippen molar-refractivity contribution in [2.24, 2.45) is 0 Å². The molecule has 0 saturated carbocycles. The van der Waals surface area contributed by atoms with Crippen LogP contribution in [-0.2, 0) is 0 Å². The molecule has 0 N–H and O–H groups in total. The van der Waals surface area contributed by atoms with Crippen molar-refractivity contribution in [3.8, 4) is 0 Å². The first-order valence-corrected chi connectivity index (χ1v) is 5.84. The van der Waals surface area contributed by atoms with Crippen molar-refractivity contribution in [1.29, 1.82) is 0 Å². The minimum absolute atomic E-state index is 0.323. The van der Waals surface area contributed by atoms with E-state index < -0.39 is 87.8 Å². The van der Waals surface area contributed by atoms with Crippen LogP contribution in [0.2, 0.25) is 0 Å². The van der Waals surface area contributed by atoms with Crippen LogP contribution < -0.4 is 0 Å². The molecule has 0 aromatic heterocycles. The molecular weight excluding hydrogens is 262 g/mol. The van der Waals surface area contributed by atoms with Gasteiger partial charge in [-0.05, 0) is 38.4 Å². The molecule has 0 spiro atoms. The lowest BCUT2D eigenvalue weighted by atomic mass is 9.97. The van der Waals surface area contributed by atoms with Gasteiger partial charge in [0.1, 0.15) is 0 Å². The van der Waals surface area contributed by atoms with E-state index >= 15 is 0 Å². The summed E-state index contributed by atoms with van der Waals surface area (Å²) in [7, 11) is 0. The van der Waals surface area contributed by atoms with Crippen LogP contribution in [-0.4, -0.2) is 4.92 Å². The summed E-state index contributed by atoms with van der Waals surface area (Å²) in [6.07, 6.45) is 0. The second kappa shape index (κ2) is 4.28. The zero-order valence-electron chi connectivity index (χ0n) is 21.3. The molecule has 100 valence electrons. The molecule has 0 aliphatic carbocycles. The Balaban J connectivity index is 2.55. The minimum atomic E-state index is -1.04. The van der Waals surface area contributed by atoms with E-state index in [2.05, 4.69) is 0 Å². The fourth-order valence-electron chi connectivity index (χ4n) is 2.11. The molecule has 0 atom stereocenters. The molecule has 0 unspecified atom stereocenters. The predicted octanol–water partition coefficient (Wildman–Crippen LogP) is 5.05. The van der Waals surface area contributed by atoms with Crippen molar-refractivity contribution in [2.45, 2.75) is 0 Å². The number of benzene rings is 4. The lowest BCUT2D eigenvalue weighted by Crippen LogP contribution is -1.88. The lowest BCUT2D eigenvalue weighted by Gasteiger charge is -2.07. The van der Waals surface area contributed by atoms with Crippen molar-refractivity contribution in [1.82, 2.24) is 0 Å². The molecule has 0 heterocycles. The number of nitro groups is 1. The maximum absolute atomic E-state index is 11.5. The van der Waals surface area contributed by atoms with Gasteiger partial charge in [-0.15, -0.1) is 0 Å². The second-order valence-electron chi connectivity index (χ2n) is 4.23. The van der Waals surface area contributed by atoms with Crippen molar-refractivity contribution < 1.29 is 20.0 Å². The normalized spacial score (nSPS) is 18.6. The molecule has 0 radical (unpaired) electrons. The zero-order valence-corrected chi connectivity index (χ0v) is 10.3. The molecule has 0 bridgehead atoms. The quantitative estimate of drug-likeness (QED) is 0.279. The fraction of sp³-hybridized carbons (Fsp3) is 0. The fourth-order valence-corrected chi connectivity index (χ4v) is 2.11. The molecule has 4 aromatic carbocycles. The minimum Gasteiger partial charge on any atom is -0.258 e. The SMILES string of the molecule is [2H]c1c([2H])c([2H])c2c(c1[2H])c([2H])c([2H])c1c3c([2H])c([N+](=O)[O-])c([2H])c([2H])c3c([2H])c([2H])c21. The van der Waals surface area contributed by atoms with Crippen LogP contribution in [0.4, 0.5) is 5.69 Å². The van der Waals surface area contributed by atoms with E-state index in [1.54, 1.807) is 0 Å². The van der Waals surface area contributed by atoms with Gasteiger partial charge >= 0.3 is 0 Å².